The van der Waals surface area contributed by atoms with Crippen molar-refractivity contribution in [2.45, 2.75) is 32.3 Å². The summed E-state index contributed by atoms with van der Waals surface area (Å²) >= 11 is 0. The van der Waals surface area contributed by atoms with Gasteiger partial charge in [0.25, 0.3) is 0 Å². The minimum Gasteiger partial charge on any atom is -0.446 e. The number of carbonyl (C=O) groups excluding carboxylic acids is 1. The predicted molar refractivity (Wildman–Crippen MR) is 55.2 cm³/mol. The van der Waals surface area contributed by atoms with Gasteiger partial charge in [-0.25, -0.2) is 4.79 Å². The van der Waals surface area contributed by atoms with Crippen molar-refractivity contribution in [3.8, 4) is 0 Å². The fourth-order valence-electron chi connectivity index (χ4n) is 1.65. The van der Waals surface area contributed by atoms with Crippen LogP contribution in [0.3, 0.4) is 0 Å². The Labute approximate surface area is 85.4 Å². The van der Waals surface area contributed by atoms with Gasteiger partial charge in [0.1, 0.15) is 6.10 Å². The van der Waals surface area contributed by atoms with E-state index in [9.17, 15) is 4.79 Å². The van der Waals surface area contributed by atoms with Crippen molar-refractivity contribution in [1.29, 1.82) is 0 Å². The predicted octanol–water partition coefficient (Wildman–Crippen LogP) is 1.12. The standard InChI is InChI=1S/C10H20N2O2/c1-3-4-12-10(13)14-9-5-8(6-9)7-11-2/h8-9,11H,3-7H2,1-2H3,(H,12,13). The van der Waals surface area contributed by atoms with Gasteiger partial charge in [-0.3, -0.25) is 0 Å². The number of amides is 1. The second-order valence-corrected chi connectivity index (χ2v) is 3.85. The van der Waals surface area contributed by atoms with Gasteiger partial charge in [0.15, 0.2) is 0 Å². The summed E-state index contributed by atoms with van der Waals surface area (Å²) in [5, 5.41) is 5.82. The zero-order chi connectivity index (χ0) is 10.4. The summed E-state index contributed by atoms with van der Waals surface area (Å²) in [5.41, 5.74) is 0. The zero-order valence-electron chi connectivity index (χ0n) is 9.01. The molecule has 0 atom stereocenters. The fourth-order valence-corrected chi connectivity index (χ4v) is 1.65. The van der Waals surface area contributed by atoms with Crippen LogP contribution in [0.2, 0.25) is 0 Å². The number of carbonyl (C=O) groups is 1. The minimum absolute atomic E-state index is 0.144. The van der Waals surface area contributed by atoms with Crippen molar-refractivity contribution in [3.05, 3.63) is 0 Å². The zero-order valence-corrected chi connectivity index (χ0v) is 9.01. The highest BCUT2D eigenvalue weighted by molar-refractivity contribution is 5.67. The maximum Gasteiger partial charge on any atom is 0.407 e. The van der Waals surface area contributed by atoms with Crippen LogP contribution in [0.1, 0.15) is 26.2 Å². The molecule has 0 bridgehead atoms. The molecule has 1 rings (SSSR count). The van der Waals surface area contributed by atoms with E-state index in [0.29, 0.717) is 12.5 Å². The first-order chi connectivity index (χ1) is 6.76. The number of alkyl carbamates (subject to hydrolysis) is 1. The molecule has 1 aliphatic carbocycles. The summed E-state index contributed by atoms with van der Waals surface area (Å²) in [6.07, 6.45) is 2.83. The molecule has 0 heterocycles. The van der Waals surface area contributed by atoms with E-state index in [1.165, 1.54) is 0 Å². The van der Waals surface area contributed by atoms with Crippen LogP contribution < -0.4 is 10.6 Å². The van der Waals surface area contributed by atoms with Gasteiger partial charge in [0, 0.05) is 6.54 Å². The summed E-state index contributed by atoms with van der Waals surface area (Å²) in [6.45, 7) is 3.74. The van der Waals surface area contributed by atoms with E-state index in [1.807, 2.05) is 14.0 Å². The first-order valence-electron chi connectivity index (χ1n) is 5.35. The van der Waals surface area contributed by atoms with E-state index in [1.54, 1.807) is 0 Å². The number of ether oxygens (including phenoxy) is 1. The highest BCUT2D eigenvalue weighted by atomic mass is 16.6. The Morgan fingerprint density at radius 2 is 2.21 bits per heavy atom. The molecule has 0 aromatic carbocycles. The Morgan fingerprint density at radius 3 is 2.79 bits per heavy atom. The van der Waals surface area contributed by atoms with Gasteiger partial charge in [-0.05, 0) is 38.8 Å². The largest absolute Gasteiger partial charge is 0.446 e. The number of rotatable bonds is 5. The Kier molecular flexibility index (Phi) is 4.73. The van der Waals surface area contributed by atoms with Crippen molar-refractivity contribution in [3.63, 3.8) is 0 Å². The third-order valence-corrected chi connectivity index (χ3v) is 2.48. The first kappa shape index (κ1) is 11.3. The second kappa shape index (κ2) is 5.86. The van der Waals surface area contributed by atoms with E-state index < -0.39 is 0 Å². The van der Waals surface area contributed by atoms with Gasteiger partial charge in [-0.1, -0.05) is 6.92 Å². The molecule has 14 heavy (non-hydrogen) atoms. The third-order valence-electron chi connectivity index (χ3n) is 2.48. The molecule has 0 unspecified atom stereocenters. The van der Waals surface area contributed by atoms with Crippen LogP contribution in [0.25, 0.3) is 0 Å². The molecule has 0 aromatic heterocycles. The van der Waals surface area contributed by atoms with E-state index in [-0.39, 0.29) is 12.2 Å². The number of hydrogen-bond donors (Lipinski definition) is 2. The van der Waals surface area contributed by atoms with E-state index >= 15 is 0 Å². The monoisotopic (exact) mass is 200 g/mol. The molecule has 0 radical (unpaired) electrons. The molecule has 1 amide bonds. The molecule has 2 N–H and O–H groups in total. The average molecular weight is 200 g/mol. The molecule has 1 fully saturated rings. The van der Waals surface area contributed by atoms with Crippen molar-refractivity contribution in [2.75, 3.05) is 20.1 Å². The number of nitrogens with one attached hydrogen (secondary N) is 2. The quantitative estimate of drug-likeness (QED) is 0.699. The molecule has 0 aromatic rings. The van der Waals surface area contributed by atoms with Crippen molar-refractivity contribution in [2.24, 2.45) is 5.92 Å². The Morgan fingerprint density at radius 1 is 1.50 bits per heavy atom. The van der Waals surface area contributed by atoms with Gasteiger partial charge < -0.3 is 15.4 Å². The Bertz CT molecular complexity index is 179. The van der Waals surface area contributed by atoms with Crippen LogP contribution in [0.15, 0.2) is 0 Å². The van der Waals surface area contributed by atoms with Crippen LogP contribution in [-0.4, -0.2) is 32.3 Å². The van der Waals surface area contributed by atoms with Crippen LogP contribution in [0.4, 0.5) is 4.79 Å². The molecule has 1 aliphatic rings. The van der Waals surface area contributed by atoms with Crippen molar-refractivity contribution in [1.82, 2.24) is 10.6 Å². The average Bonchev–Trinajstić information content (AvgIpc) is 2.11. The summed E-state index contributed by atoms with van der Waals surface area (Å²) < 4.78 is 5.19. The normalized spacial score (nSPS) is 25.3. The molecule has 82 valence electrons. The summed E-state index contributed by atoms with van der Waals surface area (Å²) in [4.78, 5) is 11.1. The molecule has 0 aliphatic heterocycles. The van der Waals surface area contributed by atoms with E-state index in [4.69, 9.17) is 4.74 Å². The lowest BCUT2D eigenvalue weighted by Gasteiger charge is -2.34. The summed E-state index contributed by atoms with van der Waals surface area (Å²) in [7, 11) is 1.95. The van der Waals surface area contributed by atoms with E-state index in [0.717, 1.165) is 25.8 Å². The van der Waals surface area contributed by atoms with Gasteiger partial charge >= 0.3 is 6.09 Å². The van der Waals surface area contributed by atoms with Crippen molar-refractivity contribution >= 4 is 6.09 Å². The summed E-state index contributed by atoms with van der Waals surface area (Å²) in [5.74, 6) is 0.684. The topological polar surface area (TPSA) is 50.4 Å². The lowest BCUT2D eigenvalue weighted by Crippen LogP contribution is -2.40. The first-order valence-corrected chi connectivity index (χ1v) is 5.35. The van der Waals surface area contributed by atoms with E-state index in [2.05, 4.69) is 10.6 Å². The van der Waals surface area contributed by atoms with Crippen LogP contribution in [-0.2, 0) is 4.74 Å². The smallest absolute Gasteiger partial charge is 0.407 e. The molecular formula is C10H20N2O2. The minimum atomic E-state index is -0.264. The van der Waals surface area contributed by atoms with Crippen molar-refractivity contribution < 1.29 is 9.53 Å². The van der Waals surface area contributed by atoms with Crippen LogP contribution in [0.5, 0.6) is 0 Å². The van der Waals surface area contributed by atoms with Gasteiger partial charge in [0.05, 0.1) is 0 Å². The molecular weight excluding hydrogens is 180 g/mol. The highest BCUT2D eigenvalue weighted by Gasteiger charge is 2.31. The molecule has 1 saturated carbocycles. The van der Waals surface area contributed by atoms with Crippen LogP contribution in [0, 0.1) is 5.92 Å². The lowest BCUT2D eigenvalue weighted by molar-refractivity contribution is 0.0183. The molecule has 4 heteroatoms. The molecule has 0 spiro atoms. The van der Waals surface area contributed by atoms with Gasteiger partial charge in [0.2, 0.25) is 0 Å². The maximum absolute atomic E-state index is 11.1. The summed E-state index contributed by atoms with van der Waals surface area (Å²) in [6, 6.07) is 0. The van der Waals surface area contributed by atoms with Gasteiger partial charge in [-0.2, -0.15) is 0 Å². The molecule has 0 saturated heterocycles. The Hall–Kier alpha value is -0.770. The van der Waals surface area contributed by atoms with Crippen LogP contribution >= 0.6 is 0 Å². The Balaban J connectivity index is 2.01. The lowest BCUT2D eigenvalue weighted by atomic mass is 9.82. The SMILES string of the molecule is CCCNC(=O)OC1CC(CNC)C1. The third kappa shape index (κ3) is 3.54. The van der Waals surface area contributed by atoms with Gasteiger partial charge in [-0.15, -0.1) is 0 Å². The number of hydrogen-bond acceptors (Lipinski definition) is 3. The highest BCUT2D eigenvalue weighted by Crippen LogP contribution is 2.29. The molecule has 4 nitrogen and oxygen atoms in total. The second-order valence-electron chi connectivity index (χ2n) is 3.85. The fraction of sp³-hybridized carbons (Fsp3) is 0.900. The maximum atomic E-state index is 11.1.